The number of H-pyrrole nitrogens is 1. The summed E-state index contributed by atoms with van der Waals surface area (Å²) in [5.74, 6) is -2.23. The van der Waals surface area contributed by atoms with Crippen molar-refractivity contribution in [3.8, 4) is 0 Å². The average Bonchev–Trinajstić information content (AvgIpc) is 3.30. The number of amides is 1. The van der Waals surface area contributed by atoms with Gasteiger partial charge in [0.25, 0.3) is 17.4 Å². The van der Waals surface area contributed by atoms with Gasteiger partial charge >= 0.3 is 0 Å². The Bertz CT molecular complexity index is 1570. The van der Waals surface area contributed by atoms with E-state index in [-0.39, 0.29) is 16.8 Å². The number of aliphatic hydroxyl groups excluding tert-OH is 1. The van der Waals surface area contributed by atoms with Gasteiger partial charge in [0.2, 0.25) is 0 Å². The van der Waals surface area contributed by atoms with Gasteiger partial charge in [-0.2, -0.15) is 0 Å². The predicted molar refractivity (Wildman–Crippen MR) is 132 cm³/mol. The number of aromatic amines is 1. The number of nitrogens with one attached hydrogen (secondary N) is 1. The van der Waals surface area contributed by atoms with Gasteiger partial charge in [0.15, 0.2) is 0 Å². The first-order chi connectivity index (χ1) is 16.8. The molecule has 3 aromatic carbocycles. The molecular formula is C26H18ClN3O5. The number of aromatic nitrogens is 1. The molecule has 9 heteroatoms. The fourth-order valence-electron chi connectivity index (χ4n) is 4.57. The number of rotatable bonds is 4. The largest absolute Gasteiger partial charge is 0.507 e. The van der Waals surface area contributed by atoms with E-state index in [1.807, 2.05) is 31.2 Å². The molecule has 1 saturated heterocycles. The molecule has 0 saturated carbocycles. The molecule has 35 heavy (non-hydrogen) atoms. The van der Waals surface area contributed by atoms with Gasteiger partial charge in [-0.25, -0.2) is 0 Å². The minimum absolute atomic E-state index is 0.0609. The number of non-ortho nitro benzene ring substituents is 1. The summed E-state index contributed by atoms with van der Waals surface area (Å²) in [5.41, 5.74) is 2.16. The highest BCUT2D eigenvalue weighted by molar-refractivity contribution is 6.52. The van der Waals surface area contributed by atoms with Crippen LogP contribution in [0.25, 0.3) is 16.7 Å². The molecule has 1 aromatic heterocycles. The van der Waals surface area contributed by atoms with Gasteiger partial charge in [-0.05, 0) is 31.2 Å². The number of hydrogen-bond acceptors (Lipinski definition) is 5. The van der Waals surface area contributed by atoms with Gasteiger partial charge in [-0.15, -0.1) is 0 Å². The highest BCUT2D eigenvalue weighted by Gasteiger charge is 2.48. The van der Waals surface area contributed by atoms with E-state index in [2.05, 4.69) is 4.98 Å². The zero-order chi connectivity index (χ0) is 24.9. The van der Waals surface area contributed by atoms with Crippen LogP contribution in [0.2, 0.25) is 5.02 Å². The molecule has 1 atom stereocenters. The lowest BCUT2D eigenvalue weighted by molar-refractivity contribution is -0.384. The molecule has 0 radical (unpaired) electrons. The summed E-state index contributed by atoms with van der Waals surface area (Å²) in [6.45, 7) is 1.82. The predicted octanol–water partition coefficient (Wildman–Crippen LogP) is 5.66. The Labute approximate surface area is 204 Å². The minimum atomic E-state index is -0.996. The number of benzene rings is 3. The maximum absolute atomic E-state index is 13.4. The third-order valence-corrected chi connectivity index (χ3v) is 6.31. The van der Waals surface area contributed by atoms with Crippen LogP contribution in [0.5, 0.6) is 0 Å². The maximum Gasteiger partial charge on any atom is 0.300 e. The minimum Gasteiger partial charge on any atom is -0.507 e. The van der Waals surface area contributed by atoms with Crippen molar-refractivity contribution in [2.45, 2.75) is 13.0 Å². The van der Waals surface area contributed by atoms with Crippen LogP contribution in [0, 0.1) is 17.0 Å². The number of hydrogen-bond donors (Lipinski definition) is 2. The average molecular weight is 488 g/mol. The smallest absolute Gasteiger partial charge is 0.300 e. The van der Waals surface area contributed by atoms with Gasteiger partial charge in [-0.3, -0.25) is 24.6 Å². The van der Waals surface area contributed by atoms with E-state index in [0.29, 0.717) is 22.0 Å². The molecular weight excluding hydrogens is 470 g/mol. The van der Waals surface area contributed by atoms with Crippen molar-refractivity contribution in [1.29, 1.82) is 0 Å². The van der Waals surface area contributed by atoms with Crippen LogP contribution >= 0.6 is 11.6 Å². The molecule has 2 N–H and O–H groups in total. The number of carbonyl (C=O) groups excluding carboxylic acids is 2. The van der Waals surface area contributed by atoms with Crippen LogP contribution in [0.1, 0.15) is 22.9 Å². The number of aryl methyl sites for hydroxylation is 1. The third-order valence-electron chi connectivity index (χ3n) is 6.08. The Morgan fingerprint density at radius 1 is 1.06 bits per heavy atom. The van der Waals surface area contributed by atoms with E-state index >= 15 is 0 Å². The van der Waals surface area contributed by atoms with Crippen molar-refractivity contribution in [2.24, 2.45) is 0 Å². The number of Topliss-reactive ketones (excluding diaryl/α,β-unsaturated/α-hetero) is 1. The molecule has 2 heterocycles. The highest BCUT2D eigenvalue weighted by Crippen LogP contribution is 2.45. The Balaban J connectivity index is 1.82. The standard InChI is InChI=1S/C26H18ClN3O5/c1-14-21(19-10-2-3-11-20(19)28-14)23-22(24(31)15-6-4-9-18(12-15)30(34)35)25(32)26(33)29(23)17-8-5-7-16(27)13-17/h2-13,23,28,31H,1H3/b24-22+. The van der Waals surface area contributed by atoms with Gasteiger partial charge < -0.3 is 10.1 Å². The van der Waals surface area contributed by atoms with Gasteiger partial charge in [0, 0.05) is 50.6 Å². The second kappa shape index (κ2) is 8.41. The Kier molecular flexibility index (Phi) is 5.37. The van der Waals surface area contributed by atoms with Crippen LogP contribution in [-0.4, -0.2) is 26.7 Å². The SMILES string of the molecule is Cc1[nH]c2ccccc2c1C1/C(=C(\O)c2cccc([N+](=O)[O-])c2)C(=O)C(=O)N1c1cccc(Cl)c1. The molecule has 8 nitrogen and oxygen atoms in total. The second-order valence-corrected chi connectivity index (χ2v) is 8.60. The quantitative estimate of drug-likeness (QED) is 0.126. The molecule has 1 fully saturated rings. The zero-order valence-corrected chi connectivity index (χ0v) is 19.1. The van der Waals surface area contributed by atoms with E-state index in [4.69, 9.17) is 11.6 Å². The Morgan fingerprint density at radius 3 is 2.54 bits per heavy atom. The fourth-order valence-corrected chi connectivity index (χ4v) is 4.76. The normalized spacial score (nSPS) is 17.3. The number of para-hydroxylation sites is 1. The number of nitro groups is 1. The summed E-state index contributed by atoms with van der Waals surface area (Å²) in [7, 11) is 0. The summed E-state index contributed by atoms with van der Waals surface area (Å²) in [4.78, 5) is 42.0. The van der Waals surface area contributed by atoms with Gasteiger partial charge in [0.1, 0.15) is 5.76 Å². The lowest BCUT2D eigenvalue weighted by atomic mass is 9.93. The molecule has 5 rings (SSSR count). The molecule has 1 unspecified atom stereocenters. The second-order valence-electron chi connectivity index (χ2n) is 8.17. The van der Waals surface area contributed by atoms with Crippen LogP contribution < -0.4 is 4.90 Å². The number of halogens is 1. The van der Waals surface area contributed by atoms with Crippen molar-refractivity contribution in [2.75, 3.05) is 4.90 Å². The number of aliphatic hydroxyl groups is 1. The summed E-state index contributed by atoms with van der Waals surface area (Å²) in [6.07, 6.45) is 0. The number of fused-ring (bicyclic) bond motifs is 1. The van der Waals surface area contributed by atoms with Crippen molar-refractivity contribution in [3.05, 3.63) is 110 Å². The Morgan fingerprint density at radius 2 is 1.80 bits per heavy atom. The molecule has 0 aliphatic carbocycles. The lowest BCUT2D eigenvalue weighted by Gasteiger charge is -2.26. The van der Waals surface area contributed by atoms with E-state index in [1.54, 1.807) is 24.3 Å². The first-order valence-corrected chi connectivity index (χ1v) is 11.0. The summed E-state index contributed by atoms with van der Waals surface area (Å²) < 4.78 is 0. The summed E-state index contributed by atoms with van der Waals surface area (Å²) in [5, 5.41) is 23.7. The molecule has 4 aromatic rings. The van der Waals surface area contributed by atoms with Crippen molar-refractivity contribution < 1.29 is 19.6 Å². The van der Waals surface area contributed by atoms with E-state index in [0.717, 1.165) is 10.9 Å². The van der Waals surface area contributed by atoms with E-state index in [1.165, 1.54) is 29.2 Å². The number of ketones is 1. The van der Waals surface area contributed by atoms with E-state index < -0.39 is 28.4 Å². The summed E-state index contributed by atoms with van der Waals surface area (Å²) >= 11 is 6.19. The molecule has 0 bridgehead atoms. The van der Waals surface area contributed by atoms with Crippen molar-refractivity contribution >= 4 is 51.3 Å². The maximum atomic E-state index is 13.4. The van der Waals surface area contributed by atoms with Crippen LogP contribution in [-0.2, 0) is 9.59 Å². The topological polar surface area (TPSA) is 117 Å². The number of anilines is 1. The highest BCUT2D eigenvalue weighted by atomic mass is 35.5. The van der Waals surface area contributed by atoms with Crippen LogP contribution in [0.3, 0.4) is 0 Å². The first kappa shape index (κ1) is 22.4. The monoisotopic (exact) mass is 487 g/mol. The van der Waals surface area contributed by atoms with Crippen LogP contribution in [0.15, 0.2) is 78.4 Å². The zero-order valence-electron chi connectivity index (χ0n) is 18.4. The third kappa shape index (κ3) is 3.64. The van der Waals surface area contributed by atoms with Gasteiger partial charge in [-0.1, -0.05) is 48.0 Å². The molecule has 174 valence electrons. The molecule has 1 aliphatic rings. The van der Waals surface area contributed by atoms with Gasteiger partial charge in [0.05, 0.1) is 16.5 Å². The molecule has 1 amide bonds. The lowest BCUT2D eigenvalue weighted by Crippen LogP contribution is -2.29. The first-order valence-electron chi connectivity index (χ1n) is 10.7. The van der Waals surface area contributed by atoms with Crippen molar-refractivity contribution in [3.63, 3.8) is 0 Å². The number of carbonyl (C=O) groups is 2. The Hall–Kier alpha value is -4.43. The van der Waals surface area contributed by atoms with Crippen molar-refractivity contribution in [1.82, 2.24) is 4.98 Å². The fraction of sp³-hybridized carbons (Fsp3) is 0.0769. The number of nitrogens with zero attached hydrogens (tertiary/aromatic N) is 2. The molecule has 1 aliphatic heterocycles. The number of nitro benzene ring substituents is 1. The molecule has 0 spiro atoms. The van der Waals surface area contributed by atoms with E-state index in [9.17, 15) is 24.8 Å². The van der Waals surface area contributed by atoms with Crippen LogP contribution in [0.4, 0.5) is 11.4 Å². The summed E-state index contributed by atoms with van der Waals surface area (Å²) in [6, 6.07) is 18.3.